The number of anilines is 1. The van der Waals surface area contributed by atoms with Crippen LogP contribution in [0.1, 0.15) is 19.6 Å². The first kappa shape index (κ1) is 16.8. The maximum absolute atomic E-state index is 12.5. The monoisotopic (exact) mass is 340 g/mol. The van der Waals surface area contributed by atoms with Crippen molar-refractivity contribution in [3.63, 3.8) is 0 Å². The van der Waals surface area contributed by atoms with Crippen LogP contribution in [0.5, 0.6) is 0 Å². The number of amides is 2. The topological polar surface area (TPSA) is 86.9 Å². The van der Waals surface area contributed by atoms with E-state index in [0.29, 0.717) is 12.1 Å². The molecule has 0 saturated carbocycles. The van der Waals surface area contributed by atoms with Crippen molar-refractivity contribution in [2.75, 3.05) is 5.01 Å². The number of hydrazine groups is 1. The third-order valence-corrected chi connectivity index (χ3v) is 3.81. The fourth-order valence-electron chi connectivity index (χ4n) is 2.58. The molecule has 2 amide bonds. The van der Waals surface area contributed by atoms with Crippen molar-refractivity contribution in [2.45, 2.75) is 32.4 Å². The molecule has 0 fully saturated rings. The van der Waals surface area contributed by atoms with E-state index in [9.17, 15) is 9.59 Å². The molecule has 2 atom stereocenters. The number of carbonyl (C=O) groups is 2. The van der Waals surface area contributed by atoms with Gasteiger partial charge in [-0.05, 0) is 38.1 Å². The van der Waals surface area contributed by atoms with Crippen molar-refractivity contribution >= 4 is 23.3 Å². The first-order chi connectivity index (χ1) is 12.0. The van der Waals surface area contributed by atoms with Crippen molar-refractivity contribution in [1.29, 1.82) is 0 Å². The number of furan rings is 1. The highest BCUT2D eigenvalue weighted by atomic mass is 16.3. The van der Waals surface area contributed by atoms with Crippen LogP contribution in [0.3, 0.4) is 0 Å². The van der Waals surface area contributed by atoms with Gasteiger partial charge in [-0.25, -0.2) is 10.0 Å². The Hall–Kier alpha value is -3.09. The second kappa shape index (κ2) is 7.21. The lowest BCUT2D eigenvalue weighted by Crippen LogP contribution is -2.58. The standard InChI is InChI=1S/C18H20N4O3/c1-12(11-15-9-6-10-25-15)19-17(23)16-20-13(2)18(24)22(21-16)14-7-4-3-5-8-14/h3-10,12-13H,11H2,1-2H3,(H,19,23)(H,20,21). The van der Waals surface area contributed by atoms with Gasteiger partial charge in [-0.1, -0.05) is 18.2 Å². The second-order valence-corrected chi connectivity index (χ2v) is 5.93. The van der Waals surface area contributed by atoms with Gasteiger partial charge >= 0.3 is 0 Å². The quantitative estimate of drug-likeness (QED) is 0.867. The van der Waals surface area contributed by atoms with E-state index in [2.05, 4.69) is 15.7 Å². The molecular formula is C18H20N4O3. The molecular weight excluding hydrogens is 320 g/mol. The molecule has 0 aliphatic carbocycles. The van der Waals surface area contributed by atoms with E-state index < -0.39 is 6.04 Å². The molecule has 2 aromatic rings. The summed E-state index contributed by atoms with van der Waals surface area (Å²) in [5.41, 5.74) is 3.47. The first-order valence-corrected chi connectivity index (χ1v) is 8.11. The van der Waals surface area contributed by atoms with E-state index in [1.54, 1.807) is 25.3 Å². The maximum Gasteiger partial charge on any atom is 0.288 e. The van der Waals surface area contributed by atoms with E-state index in [1.807, 2.05) is 37.3 Å². The van der Waals surface area contributed by atoms with Crippen molar-refractivity contribution in [3.8, 4) is 0 Å². The zero-order valence-corrected chi connectivity index (χ0v) is 14.1. The van der Waals surface area contributed by atoms with Crippen LogP contribution in [0.2, 0.25) is 0 Å². The Morgan fingerprint density at radius 3 is 2.76 bits per heavy atom. The Labute approximate surface area is 145 Å². The molecule has 0 spiro atoms. The molecule has 130 valence electrons. The number of hydrogen-bond donors (Lipinski definition) is 2. The molecule has 7 nitrogen and oxygen atoms in total. The number of amidine groups is 1. The zero-order valence-electron chi connectivity index (χ0n) is 14.1. The lowest BCUT2D eigenvalue weighted by Gasteiger charge is -2.30. The van der Waals surface area contributed by atoms with Crippen molar-refractivity contribution in [3.05, 3.63) is 54.5 Å². The van der Waals surface area contributed by atoms with Gasteiger partial charge in [-0.2, -0.15) is 0 Å². The number of nitrogens with one attached hydrogen (secondary N) is 2. The zero-order chi connectivity index (χ0) is 17.8. The largest absolute Gasteiger partial charge is 0.469 e. The van der Waals surface area contributed by atoms with E-state index in [0.717, 1.165) is 5.76 Å². The molecule has 1 aliphatic heterocycles. The first-order valence-electron chi connectivity index (χ1n) is 8.11. The van der Waals surface area contributed by atoms with Gasteiger partial charge in [0.05, 0.1) is 12.0 Å². The van der Waals surface area contributed by atoms with E-state index >= 15 is 0 Å². The predicted molar refractivity (Wildman–Crippen MR) is 94.0 cm³/mol. The molecule has 2 N–H and O–H groups in total. The Morgan fingerprint density at radius 2 is 2.08 bits per heavy atom. The molecule has 1 aromatic carbocycles. The average Bonchev–Trinajstić information content (AvgIpc) is 3.10. The molecule has 1 aromatic heterocycles. The highest BCUT2D eigenvalue weighted by Crippen LogP contribution is 2.16. The van der Waals surface area contributed by atoms with E-state index in [4.69, 9.17) is 4.42 Å². The number of hydrogen-bond acceptors (Lipinski definition) is 5. The molecule has 2 heterocycles. The minimum Gasteiger partial charge on any atom is -0.469 e. The molecule has 0 saturated heterocycles. The smallest absolute Gasteiger partial charge is 0.288 e. The van der Waals surface area contributed by atoms with Gasteiger partial charge < -0.3 is 9.73 Å². The number of benzene rings is 1. The summed E-state index contributed by atoms with van der Waals surface area (Å²) in [4.78, 5) is 29.0. The van der Waals surface area contributed by atoms with Crippen molar-refractivity contribution < 1.29 is 14.0 Å². The lowest BCUT2D eigenvalue weighted by molar-refractivity contribution is -0.120. The van der Waals surface area contributed by atoms with Crippen LogP contribution in [0.15, 0.2) is 58.1 Å². The number of aliphatic imine (C=N–C) groups is 1. The van der Waals surface area contributed by atoms with E-state index in [-0.39, 0.29) is 23.7 Å². The van der Waals surface area contributed by atoms with Gasteiger partial charge in [0.1, 0.15) is 11.8 Å². The fourth-order valence-corrected chi connectivity index (χ4v) is 2.58. The Bertz CT molecular complexity index is 771. The number of para-hydroxylation sites is 1. The average molecular weight is 340 g/mol. The third kappa shape index (κ3) is 3.88. The maximum atomic E-state index is 12.5. The van der Waals surface area contributed by atoms with Crippen LogP contribution in [0.25, 0.3) is 0 Å². The number of rotatable bonds is 5. The van der Waals surface area contributed by atoms with Crippen molar-refractivity contribution in [2.24, 2.45) is 4.99 Å². The summed E-state index contributed by atoms with van der Waals surface area (Å²) in [5.74, 6) is 0.328. The third-order valence-electron chi connectivity index (χ3n) is 3.81. The van der Waals surface area contributed by atoms with Gasteiger partial charge in [0, 0.05) is 12.5 Å². The summed E-state index contributed by atoms with van der Waals surface area (Å²) in [6.07, 6.45) is 2.17. The summed E-state index contributed by atoms with van der Waals surface area (Å²) < 4.78 is 5.29. The minimum atomic E-state index is -0.636. The lowest BCUT2D eigenvalue weighted by atomic mass is 10.2. The molecule has 0 radical (unpaired) electrons. The van der Waals surface area contributed by atoms with Crippen LogP contribution >= 0.6 is 0 Å². The highest BCUT2D eigenvalue weighted by Gasteiger charge is 2.31. The molecule has 3 rings (SSSR count). The van der Waals surface area contributed by atoms with Crippen LogP contribution in [0.4, 0.5) is 5.69 Å². The molecule has 1 aliphatic rings. The van der Waals surface area contributed by atoms with Gasteiger partial charge in [0.25, 0.3) is 11.8 Å². The van der Waals surface area contributed by atoms with Crippen molar-refractivity contribution in [1.82, 2.24) is 10.7 Å². The van der Waals surface area contributed by atoms with Gasteiger partial charge in [0.2, 0.25) is 5.84 Å². The summed E-state index contributed by atoms with van der Waals surface area (Å²) in [7, 11) is 0. The number of carbonyl (C=O) groups excluding carboxylic acids is 2. The van der Waals surface area contributed by atoms with Gasteiger partial charge in [0.15, 0.2) is 0 Å². The summed E-state index contributed by atoms with van der Waals surface area (Å²) in [6.45, 7) is 3.55. The molecule has 25 heavy (non-hydrogen) atoms. The Kier molecular flexibility index (Phi) is 4.83. The SMILES string of the molecule is CC(Cc1ccco1)NC(=O)C1=NC(C)C(=O)N(c2ccccc2)N1. The van der Waals surface area contributed by atoms with Crippen LogP contribution in [-0.4, -0.2) is 29.7 Å². The minimum absolute atomic E-state index is 0.113. The normalized spacial score (nSPS) is 18.3. The fraction of sp³-hybridized carbons (Fsp3) is 0.278. The van der Waals surface area contributed by atoms with Gasteiger partial charge in [-0.15, -0.1) is 0 Å². The number of nitrogens with zero attached hydrogens (tertiary/aromatic N) is 2. The Morgan fingerprint density at radius 1 is 1.32 bits per heavy atom. The molecule has 2 unspecified atom stereocenters. The molecule has 0 bridgehead atoms. The van der Waals surface area contributed by atoms with Crippen LogP contribution < -0.4 is 15.8 Å². The van der Waals surface area contributed by atoms with Crippen LogP contribution in [0, 0.1) is 0 Å². The highest BCUT2D eigenvalue weighted by molar-refractivity contribution is 6.39. The second-order valence-electron chi connectivity index (χ2n) is 5.93. The summed E-state index contributed by atoms with van der Waals surface area (Å²) in [5, 5.41) is 4.22. The van der Waals surface area contributed by atoms with Gasteiger partial charge in [-0.3, -0.25) is 15.0 Å². The van der Waals surface area contributed by atoms with Crippen LogP contribution in [-0.2, 0) is 16.0 Å². The molecule has 7 heteroatoms. The Balaban J connectivity index is 1.69. The summed E-state index contributed by atoms with van der Waals surface area (Å²) >= 11 is 0. The van der Waals surface area contributed by atoms with E-state index in [1.165, 1.54) is 5.01 Å². The predicted octanol–water partition coefficient (Wildman–Crippen LogP) is 1.67. The summed E-state index contributed by atoms with van der Waals surface area (Å²) in [6, 6.07) is 12.0.